The van der Waals surface area contributed by atoms with Gasteiger partial charge in [0.2, 0.25) is 0 Å². The first-order valence-corrected chi connectivity index (χ1v) is 6.70. The largest absolute Gasteiger partial charge is 0.310 e. The van der Waals surface area contributed by atoms with E-state index in [9.17, 15) is 4.79 Å². The smallest absolute Gasteiger partial charge is 0.254 e. The third-order valence-electron chi connectivity index (χ3n) is 4.30. The average molecular weight is 232 g/mol. The molecule has 1 unspecified atom stereocenters. The maximum absolute atomic E-state index is 12.1. The summed E-state index contributed by atoms with van der Waals surface area (Å²) in [6, 6.07) is 0. The van der Waals surface area contributed by atoms with Crippen molar-refractivity contribution in [3.63, 3.8) is 0 Å². The summed E-state index contributed by atoms with van der Waals surface area (Å²) in [4.78, 5) is 19.8. The van der Waals surface area contributed by atoms with Gasteiger partial charge < -0.3 is 4.98 Å². The molecule has 3 heteroatoms. The second-order valence-electron chi connectivity index (χ2n) is 6.18. The van der Waals surface area contributed by atoms with E-state index in [4.69, 9.17) is 4.98 Å². The van der Waals surface area contributed by atoms with Gasteiger partial charge in [0.25, 0.3) is 5.56 Å². The van der Waals surface area contributed by atoms with Crippen LogP contribution < -0.4 is 5.56 Å². The Bertz CT molecular complexity index is 501. The molecule has 1 aromatic rings. The Morgan fingerprint density at radius 3 is 2.65 bits per heavy atom. The molecule has 1 aromatic heterocycles. The van der Waals surface area contributed by atoms with Gasteiger partial charge in [-0.3, -0.25) is 4.79 Å². The first-order chi connectivity index (χ1) is 8.08. The summed E-state index contributed by atoms with van der Waals surface area (Å²) in [5.74, 6) is 1.39. The molecule has 1 N–H and O–H groups in total. The zero-order valence-corrected chi connectivity index (χ0v) is 10.7. The van der Waals surface area contributed by atoms with Crippen molar-refractivity contribution < 1.29 is 0 Å². The van der Waals surface area contributed by atoms with E-state index in [1.165, 1.54) is 12.8 Å². The van der Waals surface area contributed by atoms with Gasteiger partial charge >= 0.3 is 0 Å². The van der Waals surface area contributed by atoms with E-state index in [1.807, 2.05) is 0 Å². The van der Waals surface area contributed by atoms with Gasteiger partial charge in [-0.05, 0) is 37.5 Å². The number of hydrogen-bond acceptors (Lipinski definition) is 2. The topological polar surface area (TPSA) is 45.8 Å². The van der Waals surface area contributed by atoms with Gasteiger partial charge in [0.1, 0.15) is 5.82 Å². The van der Waals surface area contributed by atoms with Gasteiger partial charge in [0, 0.05) is 11.5 Å². The zero-order valence-electron chi connectivity index (χ0n) is 10.7. The molecule has 0 bridgehead atoms. The maximum atomic E-state index is 12.1. The molecule has 92 valence electrons. The van der Waals surface area contributed by atoms with Crippen molar-refractivity contribution in [3.8, 4) is 0 Å². The lowest BCUT2D eigenvalue weighted by Crippen LogP contribution is -2.19. The Kier molecular flexibility index (Phi) is 2.39. The first-order valence-electron chi connectivity index (χ1n) is 6.70. The number of rotatable bonds is 1. The van der Waals surface area contributed by atoms with E-state index in [1.54, 1.807) is 0 Å². The third-order valence-corrected chi connectivity index (χ3v) is 4.30. The molecule has 0 saturated heterocycles. The van der Waals surface area contributed by atoms with Crippen molar-refractivity contribution in [3.05, 3.63) is 27.4 Å². The second-order valence-corrected chi connectivity index (χ2v) is 6.18. The molecule has 0 aliphatic heterocycles. The van der Waals surface area contributed by atoms with Crippen LogP contribution in [0.15, 0.2) is 4.79 Å². The van der Waals surface area contributed by atoms with Crippen LogP contribution in [0, 0.1) is 5.41 Å². The van der Waals surface area contributed by atoms with Crippen LogP contribution in [0.1, 0.15) is 62.5 Å². The van der Waals surface area contributed by atoms with Gasteiger partial charge in [-0.25, -0.2) is 4.98 Å². The first kappa shape index (κ1) is 11.0. The van der Waals surface area contributed by atoms with Crippen molar-refractivity contribution in [2.75, 3.05) is 0 Å². The van der Waals surface area contributed by atoms with E-state index in [2.05, 4.69) is 18.8 Å². The van der Waals surface area contributed by atoms with Crippen molar-refractivity contribution in [2.24, 2.45) is 5.41 Å². The third kappa shape index (κ3) is 1.92. The molecule has 3 rings (SSSR count). The van der Waals surface area contributed by atoms with Gasteiger partial charge in [0.15, 0.2) is 0 Å². The monoisotopic (exact) mass is 232 g/mol. The molecule has 0 spiro atoms. The summed E-state index contributed by atoms with van der Waals surface area (Å²) in [6.07, 6.45) is 6.57. The van der Waals surface area contributed by atoms with Gasteiger partial charge in [-0.15, -0.1) is 0 Å². The van der Waals surface area contributed by atoms with E-state index >= 15 is 0 Å². The lowest BCUT2D eigenvalue weighted by Gasteiger charge is -2.08. The minimum Gasteiger partial charge on any atom is -0.310 e. The SMILES string of the molecule is CC1(C)CC1c1nc2c(c(=O)[nH]1)CCCCC2. The van der Waals surface area contributed by atoms with Gasteiger partial charge in [-0.2, -0.15) is 0 Å². The van der Waals surface area contributed by atoms with Crippen LogP contribution in [-0.2, 0) is 12.8 Å². The Morgan fingerprint density at radius 2 is 1.94 bits per heavy atom. The molecule has 17 heavy (non-hydrogen) atoms. The molecule has 0 radical (unpaired) electrons. The lowest BCUT2D eigenvalue weighted by atomic mass is 10.1. The average Bonchev–Trinajstić information content (AvgIpc) is 2.95. The molecule has 3 nitrogen and oxygen atoms in total. The minimum atomic E-state index is 0.120. The number of nitrogens with zero attached hydrogens (tertiary/aromatic N) is 1. The Morgan fingerprint density at radius 1 is 1.24 bits per heavy atom. The minimum absolute atomic E-state index is 0.120. The summed E-state index contributed by atoms with van der Waals surface area (Å²) in [6.45, 7) is 4.48. The fraction of sp³-hybridized carbons (Fsp3) is 0.714. The standard InChI is InChI=1S/C14H20N2O/c1-14(2)8-10(14)12-15-11-7-5-3-4-6-9(11)13(17)16-12/h10H,3-8H2,1-2H3,(H,15,16,17). The van der Waals surface area contributed by atoms with Gasteiger partial charge in [0.05, 0.1) is 5.69 Å². The fourth-order valence-electron chi connectivity index (χ4n) is 2.90. The molecular weight excluding hydrogens is 212 g/mol. The number of H-pyrrole nitrogens is 1. The highest BCUT2D eigenvalue weighted by Crippen LogP contribution is 2.57. The lowest BCUT2D eigenvalue weighted by molar-refractivity contribution is 0.604. The highest BCUT2D eigenvalue weighted by Gasteiger charge is 2.48. The summed E-state index contributed by atoms with van der Waals surface area (Å²) in [5, 5.41) is 0. The molecule has 0 aromatic carbocycles. The van der Waals surface area contributed by atoms with Crippen LogP contribution in [0.5, 0.6) is 0 Å². The predicted molar refractivity (Wildman–Crippen MR) is 67.3 cm³/mol. The molecule has 1 heterocycles. The zero-order chi connectivity index (χ0) is 12.0. The molecule has 1 atom stereocenters. The van der Waals surface area contributed by atoms with Crippen LogP contribution in [0.4, 0.5) is 0 Å². The number of fused-ring (bicyclic) bond motifs is 1. The van der Waals surface area contributed by atoms with E-state index in [-0.39, 0.29) is 5.56 Å². The number of aryl methyl sites for hydroxylation is 1. The van der Waals surface area contributed by atoms with Crippen LogP contribution in [0.3, 0.4) is 0 Å². The van der Waals surface area contributed by atoms with Crippen LogP contribution >= 0.6 is 0 Å². The fourth-order valence-corrected chi connectivity index (χ4v) is 2.90. The Labute approximate surface area is 102 Å². The van der Waals surface area contributed by atoms with E-state index in [0.29, 0.717) is 11.3 Å². The Balaban J connectivity index is 2.01. The van der Waals surface area contributed by atoms with Crippen LogP contribution in [-0.4, -0.2) is 9.97 Å². The van der Waals surface area contributed by atoms with Crippen LogP contribution in [0.25, 0.3) is 0 Å². The number of aromatic nitrogens is 2. The molecule has 0 amide bonds. The maximum Gasteiger partial charge on any atom is 0.254 e. The molecule has 1 fully saturated rings. The molecule has 2 aliphatic carbocycles. The summed E-state index contributed by atoms with van der Waals surface area (Å²) in [5.41, 5.74) is 2.47. The molecule has 1 saturated carbocycles. The predicted octanol–water partition coefficient (Wildman–Crippen LogP) is 2.55. The summed E-state index contributed by atoms with van der Waals surface area (Å²) in [7, 11) is 0. The highest BCUT2D eigenvalue weighted by atomic mass is 16.1. The highest BCUT2D eigenvalue weighted by molar-refractivity contribution is 5.24. The van der Waals surface area contributed by atoms with Gasteiger partial charge in [-0.1, -0.05) is 20.3 Å². The number of hydrogen-bond donors (Lipinski definition) is 1. The van der Waals surface area contributed by atoms with Crippen molar-refractivity contribution >= 4 is 0 Å². The normalized spacial score (nSPS) is 26.1. The van der Waals surface area contributed by atoms with Crippen molar-refractivity contribution in [2.45, 2.75) is 58.3 Å². The quantitative estimate of drug-likeness (QED) is 0.756. The van der Waals surface area contributed by atoms with Crippen LogP contribution in [0.2, 0.25) is 0 Å². The summed E-state index contributed by atoms with van der Waals surface area (Å²) >= 11 is 0. The van der Waals surface area contributed by atoms with Crippen molar-refractivity contribution in [1.29, 1.82) is 0 Å². The number of aromatic amines is 1. The van der Waals surface area contributed by atoms with E-state index in [0.717, 1.165) is 42.8 Å². The molecular formula is C14H20N2O. The Hall–Kier alpha value is -1.12. The van der Waals surface area contributed by atoms with E-state index < -0.39 is 0 Å². The molecule has 2 aliphatic rings. The summed E-state index contributed by atoms with van der Waals surface area (Å²) < 4.78 is 0. The number of nitrogens with one attached hydrogen (secondary N) is 1. The van der Waals surface area contributed by atoms with Crippen molar-refractivity contribution in [1.82, 2.24) is 9.97 Å². The second kappa shape index (κ2) is 3.69.